The topological polar surface area (TPSA) is 97.7 Å². The highest BCUT2D eigenvalue weighted by Gasteiger charge is 2.24. The minimum Gasteiger partial charge on any atom is -0.490 e. The number of hydrogen-bond donors (Lipinski definition) is 1. The Labute approximate surface area is 194 Å². The lowest BCUT2D eigenvalue weighted by Gasteiger charge is -2.32. The lowest BCUT2D eigenvalue weighted by Crippen LogP contribution is -2.45. The Morgan fingerprint density at radius 3 is 2.33 bits per heavy atom. The minimum absolute atomic E-state index is 0.00318. The van der Waals surface area contributed by atoms with Crippen LogP contribution in [0.3, 0.4) is 0 Å². The van der Waals surface area contributed by atoms with E-state index in [1.54, 1.807) is 24.4 Å². The molecule has 0 bridgehead atoms. The molecule has 1 aromatic heterocycles. The van der Waals surface area contributed by atoms with Crippen LogP contribution in [0.5, 0.6) is 5.75 Å². The molecular formula is C24H31N3O5S. The zero-order valence-corrected chi connectivity index (χ0v) is 19.7. The molecule has 2 fully saturated rings. The number of likely N-dealkylation sites (tertiary alicyclic amines) is 1. The number of benzene rings is 1. The fourth-order valence-electron chi connectivity index (χ4n) is 4.53. The van der Waals surface area contributed by atoms with Gasteiger partial charge in [0.15, 0.2) is 9.84 Å². The number of pyridine rings is 1. The van der Waals surface area contributed by atoms with E-state index >= 15 is 0 Å². The van der Waals surface area contributed by atoms with Gasteiger partial charge < -0.3 is 10.1 Å². The van der Waals surface area contributed by atoms with Gasteiger partial charge in [0.2, 0.25) is 5.91 Å². The molecule has 1 aliphatic carbocycles. The fraction of sp³-hybridized carbons (Fsp3) is 0.500. The molecule has 0 atom stereocenters. The summed E-state index contributed by atoms with van der Waals surface area (Å²) in [6.45, 7) is 2.00. The van der Waals surface area contributed by atoms with Crippen molar-refractivity contribution in [2.75, 3.05) is 25.9 Å². The third-order valence-electron chi connectivity index (χ3n) is 6.36. The van der Waals surface area contributed by atoms with Gasteiger partial charge in [-0.05, 0) is 56.0 Å². The first-order chi connectivity index (χ1) is 15.8. The molecule has 2 heterocycles. The van der Waals surface area contributed by atoms with E-state index < -0.39 is 9.84 Å². The number of nitrogens with one attached hydrogen (secondary N) is 1. The van der Waals surface area contributed by atoms with Crippen LogP contribution in [0, 0.1) is 0 Å². The van der Waals surface area contributed by atoms with Crippen molar-refractivity contribution in [3.05, 3.63) is 52.9 Å². The number of rotatable bonds is 7. The predicted octanol–water partition coefficient (Wildman–Crippen LogP) is 2.14. The Balaban J connectivity index is 1.29. The second-order valence-corrected chi connectivity index (χ2v) is 11.0. The molecule has 2 aromatic rings. The van der Waals surface area contributed by atoms with E-state index in [4.69, 9.17) is 4.74 Å². The SMILES string of the molecule is CS(=O)(=O)c1ccc(-n2ccc(OC3CCN(CC(=O)NC4CCCC4)CC3)cc2=O)cc1. The summed E-state index contributed by atoms with van der Waals surface area (Å²) in [5, 5.41) is 3.13. The Morgan fingerprint density at radius 2 is 1.73 bits per heavy atom. The standard InChI is InChI=1S/C24H31N3O5S/c1-33(30,31)22-8-6-19(7-9-22)27-15-12-21(16-24(27)29)32-20-10-13-26(14-11-20)17-23(28)25-18-4-2-3-5-18/h6-9,12,15-16,18,20H,2-5,10-11,13-14,17H2,1H3,(H,25,28). The largest absolute Gasteiger partial charge is 0.490 e. The van der Waals surface area contributed by atoms with Crippen LogP contribution in [0.4, 0.5) is 0 Å². The Kier molecular flexibility index (Phi) is 7.19. The lowest BCUT2D eigenvalue weighted by atomic mass is 10.1. The van der Waals surface area contributed by atoms with E-state index in [2.05, 4.69) is 10.2 Å². The van der Waals surface area contributed by atoms with Gasteiger partial charge in [-0.25, -0.2) is 8.42 Å². The second kappa shape index (κ2) is 10.1. The van der Waals surface area contributed by atoms with Gasteiger partial charge >= 0.3 is 0 Å². The quantitative estimate of drug-likeness (QED) is 0.662. The molecule has 1 aliphatic heterocycles. The molecule has 1 amide bonds. The van der Waals surface area contributed by atoms with E-state index in [0.717, 1.165) is 45.0 Å². The van der Waals surface area contributed by atoms with Crippen molar-refractivity contribution in [3.63, 3.8) is 0 Å². The highest BCUT2D eigenvalue weighted by molar-refractivity contribution is 7.90. The third kappa shape index (κ3) is 6.23. The van der Waals surface area contributed by atoms with E-state index in [1.165, 1.54) is 35.6 Å². The van der Waals surface area contributed by atoms with Gasteiger partial charge in [0.1, 0.15) is 11.9 Å². The average Bonchev–Trinajstić information content (AvgIpc) is 3.28. The summed E-state index contributed by atoms with van der Waals surface area (Å²) in [5.74, 6) is 0.621. The number of nitrogens with zero attached hydrogens (tertiary/aromatic N) is 2. The molecule has 33 heavy (non-hydrogen) atoms. The lowest BCUT2D eigenvalue weighted by molar-refractivity contribution is -0.123. The Hall–Kier alpha value is -2.65. The van der Waals surface area contributed by atoms with Crippen LogP contribution in [-0.2, 0) is 14.6 Å². The highest BCUT2D eigenvalue weighted by Crippen LogP contribution is 2.20. The van der Waals surface area contributed by atoms with Gasteiger partial charge in [0.25, 0.3) is 5.56 Å². The zero-order chi connectivity index (χ0) is 23.4. The number of hydrogen-bond acceptors (Lipinski definition) is 6. The maximum absolute atomic E-state index is 12.6. The van der Waals surface area contributed by atoms with Crippen LogP contribution in [0.25, 0.3) is 5.69 Å². The van der Waals surface area contributed by atoms with Crippen molar-refractivity contribution >= 4 is 15.7 Å². The number of aromatic nitrogens is 1. The van der Waals surface area contributed by atoms with Crippen molar-refractivity contribution < 1.29 is 17.9 Å². The summed E-state index contributed by atoms with van der Waals surface area (Å²) in [6.07, 6.45) is 8.97. The maximum atomic E-state index is 12.6. The summed E-state index contributed by atoms with van der Waals surface area (Å²) < 4.78 is 30.7. The smallest absolute Gasteiger partial charge is 0.258 e. The minimum atomic E-state index is -3.28. The molecule has 1 N–H and O–H groups in total. The highest BCUT2D eigenvalue weighted by atomic mass is 32.2. The molecule has 1 saturated heterocycles. The maximum Gasteiger partial charge on any atom is 0.258 e. The van der Waals surface area contributed by atoms with E-state index in [-0.39, 0.29) is 22.5 Å². The van der Waals surface area contributed by atoms with Crippen molar-refractivity contribution in [1.82, 2.24) is 14.8 Å². The molecule has 0 spiro atoms. The fourth-order valence-corrected chi connectivity index (χ4v) is 5.16. The van der Waals surface area contributed by atoms with Crippen LogP contribution in [0.15, 0.2) is 52.3 Å². The molecule has 1 saturated carbocycles. The number of ether oxygens (including phenoxy) is 1. The number of carbonyl (C=O) groups excluding carboxylic acids is 1. The molecule has 0 radical (unpaired) electrons. The molecule has 9 heteroatoms. The first-order valence-electron chi connectivity index (χ1n) is 11.5. The summed E-state index contributed by atoms with van der Waals surface area (Å²) in [6, 6.07) is 9.73. The number of piperidine rings is 1. The summed E-state index contributed by atoms with van der Waals surface area (Å²) >= 11 is 0. The normalized spacial score (nSPS) is 18.3. The second-order valence-electron chi connectivity index (χ2n) is 8.98. The van der Waals surface area contributed by atoms with Crippen molar-refractivity contribution in [3.8, 4) is 11.4 Å². The van der Waals surface area contributed by atoms with Gasteiger partial charge in [-0.15, -0.1) is 0 Å². The monoisotopic (exact) mass is 473 g/mol. The molecule has 4 rings (SSSR count). The number of sulfone groups is 1. The van der Waals surface area contributed by atoms with Crippen LogP contribution in [0.1, 0.15) is 38.5 Å². The number of amides is 1. The molecule has 2 aliphatic rings. The van der Waals surface area contributed by atoms with Crippen LogP contribution in [-0.4, -0.2) is 61.8 Å². The van der Waals surface area contributed by atoms with E-state index in [1.807, 2.05) is 0 Å². The van der Waals surface area contributed by atoms with E-state index in [9.17, 15) is 18.0 Å². The summed E-state index contributed by atoms with van der Waals surface area (Å²) in [4.78, 5) is 27.2. The van der Waals surface area contributed by atoms with Crippen LogP contribution in [0.2, 0.25) is 0 Å². The van der Waals surface area contributed by atoms with Crippen molar-refractivity contribution in [1.29, 1.82) is 0 Å². The van der Waals surface area contributed by atoms with Crippen LogP contribution >= 0.6 is 0 Å². The average molecular weight is 474 g/mol. The summed E-state index contributed by atoms with van der Waals surface area (Å²) in [7, 11) is -3.28. The molecular weight excluding hydrogens is 442 g/mol. The van der Waals surface area contributed by atoms with Gasteiger partial charge in [-0.2, -0.15) is 0 Å². The Bertz CT molecular complexity index is 1130. The van der Waals surface area contributed by atoms with Crippen molar-refractivity contribution in [2.24, 2.45) is 0 Å². The van der Waals surface area contributed by atoms with Crippen molar-refractivity contribution in [2.45, 2.75) is 55.6 Å². The molecule has 178 valence electrons. The molecule has 1 aromatic carbocycles. The third-order valence-corrected chi connectivity index (χ3v) is 7.49. The van der Waals surface area contributed by atoms with Gasteiger partial charge in [-0.3, -0.25) is 19.1 Å². The predicted molar refractivity (Wildman–Crippen MR) is 126 cm³/mol. The van der Waals surface area contributed by atoms with Gasteiger partial charge in [0.05, 0.1) is 11.4 Å². The first-order valence-corrected chi connectivity index (χ1v) is 13.4. The zero-order valence-electron chi connectivity index (χ0n) is 18.9. The first kappa shape index (κ1) is 23.5. The molecule has 8 nitrogen and oxygen atoms in total. The Morgan fingerprint density at radius 1 is 1.06 bits per heavy atom. The van der Waals surface area contributed by atoms with Crippen LogP contribution < -0.4 is 15.6 Å². The molecule has 0 unspecified atom stereocenters. The number of carbonyl (C=O) groups is 1. The van der Waals surface area contributed by atoms with E-state index in [0.29, 0.717) is 24.0 Å². The van der Waals surface area contributed by atoms with Gasteiger partial charge in [-0.1, -0.05) is 12.8 Å². The van der Waals surface area contributed by atoms with Gasteiger partial charge in [0, 0.05) is 43.3 Å². The summed E-state index contributed by atoms with van der Waals surface area (Å²) in [5.41, 5.74) is 0.337.